The zero-order valence-electron chi connectivity index (χ0n) is 20.5. The van der Waals surface area contributed by atoms with E-state index in [4.69, 9.17) is 0 Å². The van der Waals surface area contributed by atoms with E-state index in [-0.39, 0.29) is 5.41 Å². The Morgan fingerprint density at radius 2 is 1.37 bits per heavy atom. The lowest BCUT2D eigenvalue weighted by molar-refractivity contribution is 0.0856. The van der Waals surface area contributed by atoms with E-state index >= 15 is 0 Å². The summed E-state index contributed by atoms with van der Waals surface area (Å²) in [6, 6.07) is 35.9. The average molecular weight is 456 g/mol. The molecule has 0 radical (unpaired) electrons. The van der Waals surface area contributed by atoms with Crippen molar-refractivity contribution < 1.29 is 0 Å². The summed E-state index contributed by atoms with van der Waals surface area (Å²) in [7, 11) is 0. The van der Waals surface area contributed by atoms with Crippen LogP contribution in [0.1, 0.15) is 50.2 Å². The third-order valence-corrected chi connectivity index (χ3v) is 9.16. The van der Waals surface area contributed by atoms with Gasteiger partial charge in [-0.3, -0.25) is 0 Å². The summed E-state index contributed by atoms with van der Waals surface area (Å²) in [4.78, 5) is 0. The van der Waals surface area contributed by atoms with Crippen LogP contribution in [0.5, 0.6) is 0 Å². The first-order valence-corrected chi connectivity index (χ1v) is 13.4. The number of hydrogen-bond acceptors (Lipinski definition) is 1. The molecule has 35 heavy (non-hydrogen) atoms. The van der Waals surface area contributed by atoms with Crippen LogP contribution in [0, 0.1) is 17.8 Å². The number of anilines is 2. The van der Waals surface area contributed by atoms with Gasteiger partial charge in [-0.1, -0.05) is 73.7 Å². The Morgan fingerprint density at radius 3 is 2.23 bits per heavy atom. The summed E-state index contributed by atoms with van der Waals surface area (Å²) in [6.07, 6.45) is 6.89. The topological polar surface area (TPSA) is 12.0 Å². The van der Waals surface area contributed by atoms with Crippen LogP contribution in [-0.2, 0) is 5.41 Å². The van der Waals surface area contributed by atoms with Crippen LogP contribution in [0.15, 0.2) is 97.1 Å². The van der Waals surface area contributed by atoms with Crippen molar-refractivity contribution in [3.05, 3.63) is 108 Å². The van der Waals surface area contributed by atoms with Crippen molar-refractivity contribution in [3.63, 3.8) is 0 Å². The van der Waals surface area contributed by atoms with E-state index in [9.17, 15) is 0 Å². The molecule has 1 N–H and O–H groups in total. The van der Waals surface area contributed by atoms with Gasteiger partial charge in [-0.05, 0) is 114 Å². The van der Waals surface area contributed by atoms with Gasteiger partial charge < -0.3 is 5.32 Å². The maximum atomic E-state index is 3.51. The summed E-state index contributed by atoms with van der Waals surface area (Å²) in [5, 5.41) is 3.51. The Morgan fingerprint density at radius 1 is 0.657 bits per heavy atom. The van der Waals surface area contributed by atoms with Crippen molar-refractivity contribution in [2.75, 3.05) is 5.32 Å². The molecular formula is C34H33N. The molecule has 1 heteroatoms. The van der Waals surface area contributed by atoms with Gasteiger partial charge in [0.15, 0.2) is 0 Å². The predicted molar refractivity (Wildman–Crippen MR) is 147 cm³/mol. The number of nitrogens with one attached hydrogen (secondary N) is 1. The Balaban J connectivity index is 1.29. The zero-order valence-corrected chi connectivity index (χ0v) is 20.5. The van der Waals surface area contributed by atoms with E-state index in [0.717, 1.165) is 29.1 Å². The van der Waals surface area contributed by atoms with Crippen LogP contribution in [0.25, 0.3) is 22.3 Å². The maximum absolute atomic E-state index is 3.51. The molecule has 0 saturated heterocycles. The van der Waals surface area contributed by atoms with E-state index in [1.165, 1.54) is 54.4 Å². The second kappa shape index (κ2) is 8.12. The van der Waals surface area contributed by atoms with Crippen LogP contribution in [-0.4, -0.2) is 0 Å². The third kappa shape index (κ3) is 3.36. The van der Waals surface area contributed by atoms with E-state index in [0.29, 0.717) is 0 Å². The quantitative estimate of drug-likeness (QED) is 0.325. The maximum Gasteiger partial charge on any atom is 0.0384 e. The fourth-order valence-electron chi connectivity index (χ4n) is 7.74. The molecule has 3 aliphatic rings. The Kier molecular flexibility index (Phi) is 4.87. The molecule has 0 aromatic heterocycles. The van der Waals surface area contributed by atoms with Gasteiger partial charge in [0.1, 0.15) is 0 Å². The highest BCUT2D eigenvalue weighted by molar-refractivity contribution is 5.84. The number of benzene rings is 4. The standard InChI is InChI=1S/C34H33N/c1-23-19-24-17-18-34(27(20-23)21-24)32-10-6-5-9-30(32)31-16-13-26(22-33(31)34)25-11-14-29(15-12-25)35-28-7-3-2-4-8-28/h2-16,22-24,27,35H,17-21H2,1H3. The van der Waals surface area contributed by atoms with Gasteiger partial charge in [-0.25, -0.2) is 0 Å². The molecule has 2 bridgehead atoms. The fourth-order valence-corrected chi connectivity index (χ4v) is 7.74. The van der Waals surface area contributed by atoms with Gasteiger partial charge in [0.25, 0.3) is 0 Å². The van der Waals surface area contributed by atoms with Crippen molar-refractivity contribution in [3.8, 4) is 22.3 Å². The van der Waals surface area contributed by atoms with Crippen LogP contribution in [0.3, 0.4) is 0 Å². The molecule has 4 aromatic carbocycles. The molecule has 3 aliphatic carbocycles. The fraction of sp³-hybridized carbons (Fsp3) is 0.294. The molecule has 1 nitrogen and oxygen atoms in total. The molecule has 2 fully saturated rings. The lowest BCUT2D eigenvalue weighted by atomic mass is 9.53. The molecule has 4 aromatic rings. The normalized spacial score (nSPS) is 26.3. The largest absolute Gasteiger partial charge is 0.356 e. The van der Waals surface area contributed by atoms with Gasteiger partial charge in [0.05, 0.1) is 0 Å². The lowest BCUT2D eigenvalue weighted by Crippen LogP contribution is -2.44. The van der Waals surface area contributed by atoms with Crippen molar-refractivity contribution in [1.29, 1.82) is 0 Å². The minimum absolute atomic E-state index is 0.196. The first-order chi connectivity index (χ1) is 17.2. The van der Waals surface area contributed by atoms with Crippen molar-refractivity contribution in [1.82, 2.24) is 0 Å². The second-order valence-corrected chi connectivity index (χ2v) is 11.3. The Bertz CT molecular complexity index is 1370. The monoisotopic (exact) mass is 455 g/mol. The van der Waals surface area contributed by atoms with Crippen LogP contribution < -0.4 is 5.32 Å². The Hall–Kier alpha value is -3.32. The van der Waals surface area contributed by atoms with Crippen LogP contribution in [0.4, 0.5) is 11.4 Å². The van der Waals surface area contributed by atoms with E-state index in [1.807, 2.05) is 6.07 Å². The molecule has 4 atom stereocenters. The SMILES string of the molecule is CC1CC2CCC3(c4ccccc4-c4ccc(-c5ccc(Nc6ccccc6)cc5)cc43)C(C1)C2. The molecule has 0 amide bonds. The number of rotatable bonds is 3. The molecule has 7 rings (SSSR count). The highest BCUT2D eigenvalue weighted by atomic mass is 14.9. The molecule has 1 spiro atoms. The number of hydrogen-bond donors (Lipinski definition) is 1. The third-order valence-electron chi connectivity index (χ3n) is 9.16. The lowest BCUT2D eigenvalue weighted by Gasteiger charge is -2.50. The summed E-state index contributed by atoms with van der Waals surface area (Å²) >= 11 is 0. The van der Waals surface area contributed by atoms with Crippen molar-refractivity contribution >= 4 is 11.4 Å². The number of para-hydroxylation sites is 1. The van der Waals surface area contributed by atoms with E-state index in [2.05, 4.69) is 103 Å². The van der Waals surface area contributed by atoms with Crippen LogP contribution >= 0.6 is 0 Å². The molecule has 4 unspecified atom stereocenters. The first-order valence-electron chi connectivity index (χ1n) is 13.4. The summed E-state index contributed by atoms with van der Waals surface area (Å²) in [5.41, 5.74) is 11.2. The average Bonchev–Trinajstić information content (AvgIpc) is 3.17. The van der Waals surface area contributed by atoms with Crippen molar-refractivity contribution in [2.45, 2.75) is 44.4 Å². The molecular weight excluding hydrogens is 422 g/mol. The highest BCUT2D eigenvalue weighted by Gasteiger charge is 2.52. The zero-order chi connectivity index (χ0) is 23.4. The van der Waals surface area contributed by atoms with Gasteiger partial charge in [-0.15, -0.1) is 0 Å². The molecule has 0 heterocycles. The van der Waals surface area contributed by atoms with Gasteiger partial charge in [-0.2, -0.15) is 0 Å². The summed E-state index contributed by atoms with van der Waals surface area (Å²) < 4.78 is 0. The minimum atomic E-state index is 0.196. The Labute approximate surface area is 209 Å². The smallest absolute Gasteiger partial charge is 0.0384 e. The summed E-state index contributed by atoms with van der Waals surface area (Å²) in [5.74, 6) is 2.54. The van der Waals surface area contributed by atoms with E-state index in [1.54, 1.807) is 11.1 Å². The van der Waals surface area contributed by atoms with Gasteiger partial charge >= 0.3 is 0 Å². The highest BCUT2D eigenvalue weighted by Crippen LogP contribution is 2.62. The van der Waals surface area contributed by atoms with Crippen molar-refractivity contribution in [2.24, 2.45) is 17.8 Å². The molecule has 0 aliphatic heterocycles. The van der Waals surface area contributed by atoms with Gasteiger partial charge in [0, 0.05) is 16.8 Å². The van der Waals surface area contributed by atoms with Gasteiger partial charge in [0.2, 0.25) is 0 Å². The molecule has 174 valence electrons. The van der Waals surface area contributed by atoms with Crippen LogP contribution in [0.2, 0.25) is 0 Å². The molecule has 2 saturated carbocycles. The summed E-state index contributed by atoms with van der Waals surface area (Å²) in [6.45, 7) is 2.49. The second-order valence-electron chi connectivity index (χ2n) is 11.3. The predicted octanol–water partition coefficient (Wildman–Crippen LogP) is 9.21. The minimum Gasteiger partial charge on any atom is -0.356 e. The number of fused-ring (bicyclic) bond motifs is 8. The first kappa shape index (κ1) is 21.0. The van der Waals surface area contributed by atoms with E-state index < -0.39 is 0 Å².